The lowest BCUT2D eigenvalue weighted by molar-refractivity contribution is 0.0526. The van der Waals surface area contributed by atoms with Crippen LogP contribution < -0.4 is 4.80 Å². The number of carbonyl (C=O) groups is 2. The first kappa shape index (κ1) is 23.8. The second kappa shape index (κ2) is 10.2. The van der Waals surface area contributed by atoms with Gasteiger partial charge in [0.15, 0.2) is 14.6 Å². The number of aromatic nitrogens is 1. The highest BCUT2D eigenvalue weighted by atomic mass is 32.2. The van der Waals surface area contributed by atoms with E-state index in [-0.39, 0.29) is 22.8 Å². The van der Waals surface area contributed by atoms with Crippen LogP contribution in [0.1, 0.15) is 34.6 Å². The van der Waals surface area contributed by atoms with Crippen LogP contribution >= 0.6 is 11.3 Å². The molecule has 0 atom stereocenters. The molecule has 3 aromatic rings. The molecular formula is C22H24N2O6S2. The molecule has 32 heavy (non-hydrogen) atoms. The molecule has 1 aromatic heterocycles. The molecule has 1 amide bonds. The SMILES string of the molecule is CCOC(=O)c1ccc2c(c1)sc(=NC(=O)c1ccccc1S(=O)(=O)CC)n2CCOC. The highest BCUT2D eigenvalue weighted by Crippen LogP contribution is 2.21. The van der Waals surface area contributed by atoms with Crippen LogP contribution in [0.5, 0.6) is 0 Å². The molecule has 0 saturated carbocycles. The summed E-state index contributed by atoms with van der Waals surface area (Å²) in [5.74, 6) is -1.20. The smallest absolute Gasteiger partial charge is 0.338 e. The van der Waals surface area contributed by atoms with Gasteiger partial charge in [-0.25, -0.2) is 13.2 Å². The predicted molar refractivity (Wildman–Crippen MR) is 122 cm³/mol. The molecule has 0 aliphatic heterocycles. The molecule has 0 fully saturated rings. The molecule has 0 aliphatic carbocycles. The van der Waals surface area contributed by atoms with E-state index in [1.165, 1.54) is 30.4 Å². The summed E-state index contributed by atoms with van der Waals surface area (Å²) in [6, 6.07) is 11.2. The summed E-state index contributed by atoms with van der Waals surface area (Å²) in [6.45, 7) is 4.34. The molecule has 10 heteroatoms. The van der Waals surface area contributed by atoms with Gasteiger partial charge in [-0.2, -0.15) is 4.99 Å². The first-order valence-electron chi connectivity index (χ1n) is 10.0. The first-order chi connectivity index (χ1) is 15.3. The van der Waals surface area contributed by atoms with Crippen molar-refractivity contribution in [2.24, 2.45) is 4.99 Å². The van der Waals surface area contributed by atoms with Crippen molar-refractivity contribution in [2.75, 3.05) is 26.1 Å². The van der Waals surface area contributed by atoms with E-state index in [1.54, 1.807) is 44.4 Å². The summed E-state index contributed by atoms with van der Waals surface area (Å²) < 4.78 is 37.7. The number of fused-ring (bicyclic) bond motifs is 1. The van der Waals surface area contributed by atoms with Gasteiger partial charge in [0.25, 0.3) is 5.91 Å². The topological polar surface area (TPSA) is 104 Å². The van der Waals surface area contributed by atoms with Crippen molar-refractivity contribution < 1.29 is 27.5 Å². The van der Waals surface area contributed by atoms with E-state index in [9.17, 15) is 18.0 Å². The van der Waals surface area contributed by atoms with Crippen LogP contribution in [0.3, 0.4) is 0 Å². The maximum Gasteiger partial charge on any atom is 0.338 e. The van der Waals surface area contributed by atoms with E-state index in [1.807, 2.05) is 4.57 Å². The molecule has 0 unspecified atom stereocenters. The van der Waals surface area contributed by atoms with E-state index in [0.29, 0.717) is 23.5 Å². The molecule has 0 spiro atoms. The normalized spacial score (nSPS) is 12.3. The largest absolute Gasteiger partial charge is 0.462 e. The number of nitrogens with zero attached hydrogens (tertiary/aromatic N) is 2. The number of ether oxygens (including phenoxy) is 2. The molecule has 1 heterocycles. The molecule has 3 rings (SSSR count). The van der Waals surface area contributed by atoms with Crippen molar-refractivity contribution in [2.45, 2.75) is 25.3 Å². The highest BCUT2D eigenvalue weighted by Gasteiger charge is 2.21. The molecule has 2 aromatic carbocycles. The van der Waals surface area contributed by atoms with Gasteiger partial charge in [0, 0.05) is 13.7 Å². The van der Waals surface area contributed by atoms with E-state index in [2.05, 4.69) is 4.99 Å². The maximum atomic E-state index is 13.0. The van der Waals surface area contributed by atoms with Gasteiger partial charge in [0.1, 0.15) is 0 Å². The molecule has 0 N–H and O–H groups in total. The monoisotopic (exact) mass is 476 g/mol. The van der Waals surface area contributed by atoms with E-state index in [4.69, 9.17) is 9.47 Å². The van der Waals surface area contributed by atoms with Crippen LogP contribution in [0.25, 0.3) is 10.2 Å². The second-order valence-corrected chi connectivity index (χ2v) is 10.0. The minimum atomic E-state index is -3.59. The van der Waals surface area contributed by atoms with Gasteiger partial charge in [-0.15, -0.1) is 0 Å². The van der Waals surface area contributed by atoms with Crippen LogP contribution in [-0.4, -0.2) is 50.9 Å². The van der Waals surface area contributed by atoms with Crippen molar-refractivity contribution in [1.82, 2.24) is 4.57 Å². The van der Waals surface area contributed by atoms with Crippen LogP contribution in [0, 0.1) is 0 Å². The number of benzene rings is 2. The van der Waals surface area contributed by atoms with Gasteiger partial charge in [-0.05, 0) is 37.3 Å². The standard InChI is InChI=1S/C22H24N2O6S2/c1-4-30-21(26)15-10-11-17-18(14-15)31-22(24(17)12-13-29-3)23-20(25)16-8-6-7-9-19(16)32(27,28)5-2/h6-11,14H,4-5,12-13H2,1-3H3. The van der Waals surface area contributed by atoms with Gasteiger partial charge in [0.05, 0.1) is 45.2 Å². The number of carbonyl (C=O) groups excluding carboxylic acids is 2. The number of esters is 1. The minimum absolute atomic E-state index is 0.0253. The molecule has 0 radical (unpaired) electrons. The second-order valence-electron chi connectivity index (χ2n) is 6.75. The maximum absolute atomic E-state index is 13.0. The zero-order valence-electron chi connectivity index (χ0n) is 18.0. The third-order valence-electron chi connectivity index (χ3n) is 4.74. The molecule has 0 aliphatic rings. The Bertz CT molecular complexity index is 1320. The summed E-state index contributed by atoms with van der Waals surface area (Å²) in [5.41, 5.74) is 1.20. The summed E-state index contributed by atoms with van der Waals surface area (Å²) in [6.07, 6.45) is 0. The lowest BCUT2D eigenvalue weighted by Gasteiger charge is -2.07. The van der Waals surface area contributed by atoms with Crippen molar-refractivity contribution in [3.8, 4) is 0 Å². The Balaban J connectivity index is 2.15. The third-order valence-corrected chi connectivity index (χ3v) is 7.57. The fourth-order valence-electron chi connectivity index (χ4n) is 3.12. The van der Waals surface area contributed by atoms with Crippen molar-refractivity contribution in [3.63, 3.8) is 0 Å². The zero-order chi connectivity index (χ0) is 23.3. The van der Waals surface area contributed by atoms with Gasteiger partial charge in [-0.1, -0.05) is 30.4 Å². The zero-order valence-corrected chi connectivity index (χ0v) is 19.7. The lowest BCUT2D eigenvalue weighted by Crippen LogP contribution is -2.20. The molecule has 170 valence electrons. The summed E-state index contributed by atoms with van der Waals surface area (Å²) in [5, 5.41) is 0. The minimum Gasteiger partial charge on any atom is -0.462 e. The molecular weight excluding hydrogens is 452 g/mol. The summed E-state index contributed by atoms with van der Waals surface area (Å²) in [4.78, 5) is 29.7. The Labute approximate surface area is 190 Å². The lowest BCUT2D eigenvalue weighted by atomic mass is 10.2. The van der Waals surface area contributed by atoms with Crippen molar-refractivity contribution in [3.05, 3.63) is 58.4 Å². The Morgan fingerprint density at radius 3 is 2.56 bits per heavy atom. The van der Waals surface area contributed by atoms with E-state index >= 15 is 0 Å². The van der Waals surface area contributed by atoms with Crippen LogP contribution in [0.2, 0.25) is 0 Å². The van der Waals surface area contributed by atoms with Crippen LogP contribution in [0.15, 0.2) is 52.4 Å². The average Bonchev–Trinajstić information content (AvgIpc) is 3.13. The number of methoxy groups -OCH3 is 1. The fraction of sp³-hybridized carbons (Fsp3) is 0.318. The summed E-state index contributed by atoms with van der Waals surface area (Å²) >= 11 is 1.23. The van der Waals surface area contributed by atoms with E-state index in [0.717, 1.165) is 10.2 Å². The highest BCUT2D eigenvalue weighted by molar-refractivity contribution is 7.91. The number of sulfone groups is 1. The number of hydrogen-bond donors (Lipinski definition) is 0. The van der Waals surface area contributed by atoms with Crippen molar-refractivity contribution >= 4 is 43.3 Å². The van der Waals surface area contributed by atoms with Gasteiger partial charge >= 0.3 is 5.97 Å². The summed E-state index contributed by atoms with van der Waals surface area (Å²) in [7, 11) is -2.02. The van der Waals surface area contributed by atoms with Gasteiger partial charge < -0.3 is 14.0 Å². The molecule has 8 nitrogen and oxygen atoms in total. The number of rotatable bonds is 8. The average molecular weight is 477 g/mol. The number of amides is 1. The van der Waals surface area contributed by atoms with Crippen molar-refractivity contribution in [1.29, 1.82) is 0 Å². The Hall–Kier alpha value is -2.82. The van der Waals surface area contributed by atoms with Gasteiger partial charge in [0.2, 0.25) is 0 Å². The molecule has 0 bridgehead atoms. The first-order valence-corrected chi connectivity index (χ1v) is 12.5. The number of hydrogen-bond acceptors (Lipinski definition) is 7. The molecule has 0 saturated heterocycles. The fourth-order valence-corrected chi connectivity index (χ4v) is 5.30. The van der Waals surface area contributed by atoms with E-state index < -0.39 is 21.7 Å². The third kappa shape index (κ3) is 4.98. The predicted octanol–water partition coefficient (Wildman–Crippen LogP) is 3.06. The Morgan fingerprint density at radius 2 is 1.88 bits per heavy atom. The Morgan fingerprint density at radius 1 is 1.12 bits per heavy atom. The Kier molecular flexibility index (Phi) is 7.60. The quantitative estimate of drug-likeness (QED) is 0.463. The van der Waals surface area contributed by atoms with Crippen LogP contribution in [0.4, 0.5) is 0 Å². The van der Waals surface area contributed by atoms with Crippen LogP contribution in [-0.2, 0) is 25.9 Å². The van der Waals surface area contributed by atoms with Gasteiger partial charge in [-0.3, -0.25) is 4.79 Å². The number of thiazole rings is 1.